The van der Waals surface area contributed by atoms with Gasteiger partial charge in [0.25, 0.3) is 0 Å². The monoisotopic (exact) mass is 413 g/mol. The van der Waals surface area contributed by atoms with Crippen molar-refractivity contribution in [1.82, 2.24) is 10.1 Å². The zero-order valence-electron chi connectivity index (χ0n) is 18.2. The van der Waals surface area contributed by atoms with Gasteiger partial charge in [-0.15, -0.1) is 0 Å². The molecule has 1 aliphatic carbocycles. The number of aryl methyl sites for hydroxylation is 2. The van der Waals surface area contributed by atoms with Crippen LogP contribution in [0.3, 0.4) is 0 Å². The van der Waals surface area contributed by atoms with Gasteiger partial charge < -0.3 is 14.2 Å². The third-order valence-corrected chi connectivity index (χ3v) is 5.60. The number of hydrogen-bond acceptors (Lipinski definition) is 5. The Bertz CT molecular complexity index is 888. The van der Waals surface area contributed by atoms with Crippen LogP contribution < -0.4 is 10.1 Å². The maximum Gasteiger partial charge on any atom is 0.246 e. The first-order valence-corrected chi connectivity index (χ1v) is 10.5. The molecule has 2 aromatic rings. The molecular weight excluding hydrogens is 382 g/mol. The summed E-state index contributed by atoms with van der Waals surface area (Å²) >= 11 is 0. The Morgan fingerprint density at radius 1 is 1.30 bits per heavy atom. The van der Waals surface area contributed by atoms with Gasteiger partial charge in [0, 0.05) is 24.9 Å². The van der Waals surface area contributed by atoms with E-state index in [9.17, 15) is 9.59 Å². The molecule has 4 rings (SSSR count). The van der Waals surface area contributed by atoms with Crippen molar-refractivity contribution in [2.45, 2.75) is 52.4 Å². The van der Waals surface area contributed by atoms with Gasteiger partial charge in [-0.1, -0.05) is 43.5 Å². The van der Waals surface area contributed by atoms with Gasteiger partial charge in [-0.2, -0.15) is 0 Å². The summed E-state index contributed by atoms with van der Waals surface area (Å²) in [6.45, 7) is 6.53. The van der Waals surface area contributed by atoms with E-state index >= 15 is 0 Å². The zero-order valence-corrected chi connectivity index (χ0v) is 18.2. The standard InChI is InChI=1S/C18H21N3O4.C5H10/c1-11-6-13(4-5-15(11)24-3)14-8-18(23)21(9-14)10-16(22)19-17-7-12(2)20-25-17;1-2-5-3-4-5/h4-7,14H,8-10H2,1-3H3,(H,19,22);5H,2-4H2,1H3. The molecule has 0 bridgehead atoms. The molecule has 1 N–H and O–H groups in total. The third kappa shape index (κ3) is 5.84. The first-order valence-electron chi connectivity index (χ1n) is 10.5. The van der Waals surface area contributed by atoms with Crippen molar-refractivity contribution in [3.8, 4) is 5.75 Å². The number of rotatable bonds is 6. The highest BCUT2D eigenvalue weighted by atomic mass is 16.5. The Morgan fingerprint density at radius 2 is 2.07 bits per heavy atom. The number of benzene rings is 1. The number of amides is 2. The summed E-state index contributed by atoms with van der Waals surface area (Å²) in [5.41, 5.74) is 2.80. The highest BCUT2D eigenvalue weighted by molar-refractivity contribution is 5.94. The van der Waals surface area contributed by atoms with E-state index in [1.165, 1.54) is 19.3 Å². The van der Waals surface area contributed by atoms with Crippen molar-refractivity contribution in [3.05, 3.63) is 41.1 Å². The van der Waals surface area contributed by atoms with Gasteiger partial charge in [0.05, 0.1) is 19.3 Å². The summed E-state index contributed by atoms with van der Waals surface area (Å²) < 4.78 is 10.2. The van der Waals surface area contributed by atoms with Gasteiger partial charge in [0.2, 0.25) is 17.7 Å². The Morgan fingerprint density at radius 3 is 2.60 bits per heavy atom. The van der Waals surface area contributed by atoms with Gasteiger partial charge in [-0.25, -0.2) is 0 Å². The minimum Gasteiger partial charge on any atom is -0.496 e. The molecule has 1 aromatic carbocycles. The fourth-order valence-electron chi connectivity index (χ4n) is 3.60. The first-order chi connectivity index (χ1) is 14.4. The zero-order chi connectivity index (χ0) is 21.7. The van der Waals surface area contributed by atoms with E-state index < -0.39 is 0 Å². The lowest BCUT2D eigenvalue weighted by atomic mass is 9.96. The van der Waals surface area contributed by atoms with Crippen molar-refractivity contribution < 1.29 is 18.8 Å². The van der Waals surface area contributed by atoms with Crippen LogP contribution >= 0.6 is 0 Å². The predicted molar refractivity (Wildman–Crippen MR) is 115 cm³/mol. The van der Waals surface area contributed by atoms with Crippen LogP contribution in [0, 0.1) is 19.8 Å². The van der Waals surface area contributed by atoms with E-state index in [2.05, 4.69) is 17.4 Å². The number of ether oxygens (including phenoxy) is 1. The van der Waals surface area contributed by atoms with E-state index in [0.717, 1.165) is 22.8 Å². The lowest BCUT2D eigenvalue weighted by molar-refractivity contribution is -0.131. The second kappa shape index (κ2) is 9.78. The lowest BCUT2D eigenvalue weighted by Crippen LogP contribution is -2.34. The molecule has 2 aliphatic rings. The highest BCUT2D eigenvalue weighted by Gasteiger charge is 2.32. The molecule has 0 spiro atoms. The largest absolute Gasteiger partial charge is 0.496 e. The van der Waals surface area contributed by atoms with Crippen LogP contribution in [0.1, 0.15) is 55.3 Å². The van der Waals surface area contributed by atoms with Crippen molar-refractivity contribution in [2.24, 2.45) is 5.92 Å². The number of carbonyl (C=O) groups excluding carboxylic acids is 2. The Labute approximate surface area is 177 Å². The van der Waals surface area contributed by atoms with Gasteiger partial charge in [-0.3, -0.25) is 14.9 Å². The quantitative estimate of drug-likeness (QED) is 0.772. The number of nitrogens with one attached hydrogen (secondary N) is 1. The van der Waals surface area contributed by atoms with Crippen LogP contribution in [0.4, 0.5) is 5.88 Å². The molecule has 1 saturated heterocycles. The van der Waals surface area contributed by atoms with Crippen molar-refractivity contribution >= 4 is 17.7 Å². The molecule has 162 valence electrons. The van der Waals surface area contributed by atoms with Crippen LogP contribution in [0.25, 0.3) is 0 Å². The van der Waals surface area contributed by atoms with Gasteiger partial charge in [0.1, 0.15) is 5.75 Å². The van der Waals surface area contributed by atoms with Crippen molar-refractivity contribution in [1.29, 1.82) is 0 Å². The molecule has 1 saturated carbocycles. The number of hydrogen-bond donors (Lipinski definition) is 1. The van der Waals surface area contributed by atoms with Crippen LogP contribution in [0.15, 0.2) is 28.8 Å². The fraction of sp³-hybridized carbons (Fsp3) is 0.522. The number of aromatic nitrogens is 1. The average Bonchev–Trinajstić information content (AvgIpc) is 3.38. The van der Waals surface area contributed by atoms with E-state index in [-0.39, 0.29) is 30.2 Å². The number of carbonyl (C=O) groups is 2. The van der Waals surface area contributed by atoms with E-state index in [0.29, 0.717) is 18.7 Å². The van der Waals surface area contributed by atoms with Gasteiger partial charge in [0.15, 0.2) is 0 Å². The van der Waals surface area contributed by atoms with Crippen LogP contribution in [0.2, 0.25) is 0 Å². The molecule has 2 fully saturated rings. The molecule has 7 nitrogen and oxygen atoms in total. The van der Waals surface area contributed by atoms with Crippen LogP contribution in [-0.4, -0.2) is 42.1 Å². The molecule has 30 heavy (non-hydrogen) atoms. The molecular formula is C23H31N3O4. The Kier molecular flexibility index (Phi) is 7.13. The molecule has 0 radical (unpaired) electrons. The highest BCUT2D eigenvalue weighted by Crippen LogP contribution is 2.32. The van der Waals surface area contributed by atoms with Crippen LogP contribution in [0.5, 0.6) is 5.75 Å². The molecule has 2 amide bonds. The van der Waals surface area contributed by atoms with Crippen LogP contribution in [-0.2, 0) is 9.59 Å². The normalized spacial score (nSPS) is 18.1. The predicted octanol–water partition coefficient (Wildman–Crippen LogP) is 4.06. The summed E-state index contributed by atoms with van der Waals surface area (Å²) in [6.07, 6.45) is 4.84. The molecule has 1 atom stereocenters. The molecule has 2 heterocycles. The summed E-state index contributed by atoms with van der Waals surface area (Å²) in [4.78, 5) is 25.9. The number of methoxy groups -OCH3 is 1. The second-order valence-corrected chi connectivity index (χ2v) is 8.14. The lowest BCUT2D eigenvalue weighted by Gasteiger charge is -2.16. The number of anilines is 1. The number of likely N-dealkylation sites (tertiary alicyclic amines) is 1. The first kappa shape index (κ1) is 21.9. The molecule has 1 unspecified atom stereocenters. The van der Waals surface area contributed by atoms with E-state index in [1.54, 1.807) is 25.0 Å². The third-order valence-electron chi connectivity index (χ3n) is 5.60. The van der Waals surface area contributed by atoms with Crippen molar-refractivity contribution in [3.63, 3.8) is 0 Å². The molecule has 7 heteroatoms. The second-order valence-electron chi connectivity index (χ2n) is 8.14. The smallest absolute Gasteiger partial charge is 0.246 e. The van der Waals surface area contributed by atoms with Gasteiger partial charge in [-0.05, 0) is 37.0 Å². The maximum absolute atomic E-state index is 12.2. The number of nitrogens with zero attached hydrogens (tertiary/aromatic N) is 2. The summed E-state index contributed by atoms with van der Waals surface area (Å²) in [7, 11) is 1.64. The molecule has 1 aromatic heterocycles. The Hall–Kier alpha value is -2.83. The fourth-order valence-corrected chi connectivity index (χ4v) is 3.60. The summed E-state index contributed by atoms with van der Waals surface area (Å²) in [5.74, 6) is 2.01. The SMILES string of the molecule is CCC1CC1.COc1ccc(C2CC(=O)N(CC(=O)Nc3cc(C)no3)C2)cc1C. The molecule has 1 aliphatic heterocycles. The summed E-state index contributed by atoms with van der Waals surface area (Å²) in [6, 6.07) is 7.56. The minimum atomic E-state index is -0.295. The topological polar surface area (TPSA) is 84.7 Å². The van der Waals surface area contributed by atoms with E-state index in [4.69, 9.17) is 9.26 Å². The maximum atomic E-state index is 12.2. The minimum absolute atomic E-state index is 0.00418. The Balaban J connectivity index is 0.000000448. The van der Waals surface area contributed by atoms with Gasteiger partial charge >= 0.3 is 0 Å². The average molecular weight is 414 g/mol. The van der Waals surface area contributed by atoms with Crippen molar-refractivity contribution in [2.75, 3.05) is 25.5 Å². The van der Waals surface area contributed by atoms with E-state index in [1.807, 2.05) is 25.1 Å². The summed E-state index contributed by atoms with van der Waals surface area (Å²) in [5, 5.41) is 6.32.